The van der Waals surface area contributed by atoms with Crippen molar-refractivity contribution >= 4 is 27.5 Å². The van der Waals surface area contributed by atoms with E-state index in [0.29, 0.717) is 18.9 Å². The van der Waals surface area contributed by atoms with Crippen molar-refractivity contribution in [2.75, 3.05) is 30.6 Å². The van der Waals surface area contributed by atoms with E-state index in [1.165, 1.54) is 55.5 Å². The van der Waals surface area contributed by atoms with Gasteiger partial charge in [0.15, 0.2) is 11.5 Å². The van der Waals surface area contributed by atoms with Crippen LogP contribution in [0.5, 0.6) is 11.5 Å². The van der Waals surface area contributed by atoms with Gasteiger partial charge in [0.05, 0.1) is 10.6 Å². The van der Waals surface area contributed by atoms with Crippen LogP contribution in [0.15, 0.2) is 71.6 Å². The number of hydrogen-bond donors (Lipinski definition) is 1. The minimum Gasteiger partial charge on any atom is -0.486 e. The van der Waals surface area contributed by atoms with Crippen molar-refractivity contribution in [3.63, 3.8) is 0 Å². The van der Waals surface area contributed by atoms with Crippen LogP contribution in [0.25, 0.3) is 0 Å². The van der Waals surface area contributed by atoms with Crippen molar-refractivity contribution in [3.05, 3.63) is 83.9 Å². The summed E-state index contributed by atoms with van der Waals surface area (Å²) in [6, 6.07) is 13.5. The first kappa shape index (κ1) is 30.8. The lowest BCUT2D eigenvalue weighted by atomic mass is 10.1. The monoisotopic (exact) mass is 601 g/mol. The summed E-state index contributed by atoms with van der Waals surface area (Å²) in [6.07, 6.45) is 1.57. The first-order valence-corrected chi connectivity index (χ1v) is 15.0. The first-order chi connectivity index (χ1) is 20.1. The fraction of sp³-hybridized carbons (Fsp3) is 0.333. The number of carbonyl (C=O) groups is 2. The largest absolute Gasteiger partial charge is 0.486 e. The molecular formula is C30H33F2N3O6S. The van der Waals surface area contributed by atoms with Gasteiger partial charge < -0.3 is 19.7 Å². The Morgan fingerprint density at radius 1 is 0.976 bits per heavy atom. The quantitative estimate of drug-likeness (QED) is 0.311. The molecule has 9 nitrogen and oxygen atoms in total. The molecule has 3 aromatic rings. The van der Waals surface area contributed by atoms with Gasteiger partial charge in [-0.1, -0.05) is 31.5 Å². The Hall–Kier alpha value is -4.19. The Labute approximate surface area is 244 Å². The molecule has 3 aromatic carbocycles. The van der Waals surface area contributed by atoms with Crippen LogP contribution in [0.2, 0.25) is 0 Å². The van der Waals surface area contributed by atoms with Crippen molar-refractivity contribution in [3.8, 4) is 11.5 Å². The Balaban J connectivity index is 1.70. The molecule has 224 valence electrons. The zero-order valence-electron chi connectivity index (χ0n) is 23.4. The molecule has 1 N–H and O–H groups in total. The summed E-state index contributed by atoms with van der Waals surface area (Å²) in [5.74, 6) is -1.79. The molecule has 1 aliphatic rings. The van der Waals surface area contributed by atoms with Gasteiger partial charge in [-0.05, 0) is 55.8 Å². The predicted octanol–water partition coefficient (Wildman–Crippen LogP) is 4.26. The van der Waals surface area contributed by atoms with E-state index >= 15 is 0 Å². The Morgan fingerprint density at radius 3 is 2.36 bits per heavy atom. The number of fused-ring (bicyclic) bond motifs is 1. The highest BCUT2D eigenvalue weighted by molar-refractivity contribution is 7.92. The summed E-state index contributed by atoms with van der Waals surface area (Å²) >= 11 is 0. The molecule has 1 heterocycles. The number of benzene rings is 3. The van der Waals surface area contributed by atoms with E-state index in [-0.39, 0.29) is 35.0 Å². The molecule has 2 amide bonds. The molecule has 1 atom stereocenters. The minimum atomic E-state index is -4.42. The third-order valence-electron chi connectivity index (χ3n) is 6.79. The number of amides is 2. The molecule has 0 radical (unpaired) electrons. The van der Waals surface area contributed by atoms with E-state index in [4.69, 9.17) is 9.47 Å². The molecule has 0 aliphatic carbocycles. The second kappa shape index (κ2) is 13.6. The summed E-state index contributed by atoms with van der Waals surface area (Å²) in [5, 5.41) is 2.77. The van der Waals surface area contributed by atoms with Crippen molar-refractivity contribution in [2.24, 2.45) is 0 Å². The highest BCUT2D eigenvalue weighted by Gasteiger charge is 2.33. The van der Waals surface area contributed by atoms with Crippen LogP contribution >= 0.6 is 0 Å². The van der Waals surface area contributed by atoms with Crippen molar-refractivity contribution in [1.82, 2.24) is 10.2 Å². The molecule has 0 bridgehead atoms. The van der Waals surface area contributed by atoms with Gasteiger partial charge in [-0.3, -0.25) is 13.9 Å². The maximum atomic E-state index is 14.6. The van der Waals surface area contributed by atoms with Crippen LogP contribution in [0.4, 0.5) is 14.5 Å². The Bertz CT molecular complexity index is 1520. The van der Waals surface area contributed by atoms with Crippen LogP contribution in [0.1, 0.15) is 32.3 Å². The van der Waals surface area contributed by atoms with E-state index in [1.54, 1.807) is 6.07 Å². The molecule has 0 aromatic heterocycles. The number of ether oxygens (including phenoxy) is 2. The first-order valence-electron chi connectivity index (χ1n) is 13.6. The lowest BCUT2D eigenvalue weighted by Gasteiger charge is -2.32. The second-order valence-electron chi connectivity index (χ2n) is 9.73. The number of nitrogens with one attached hydrogen (secondary N) is 1. The average Bonchev–Trinajstić information content (AvgIpc) is 2.99. The number of anilines is 1. The summed E-state index contributed by atoms with van der Waals surface area (Å²) < 4.78 is 68.3. The highest BCUT2D eigenvalue weighted by atomic mass is 32.2. The van der Waals surface area contributed by atoms with Crippen molar-refractivity contribution in [1.29, 1.82) is 0 Å². The van der Waals surface area contributed by atoms with E-state index < -0.39 is 46.1 Å². The number of carbonyl (C=O) groups excluding carboxylic acids is 2. The van der Waals surface area contributed by atoms with E-state index in [9.17, 15) is 26.8 Å². The van der Waals surface area contributed by atoms with Gasteiger partial charge in [-0.25, -0.2) is 17.2 Å². The van der Waals surface area contributed by atoms with Crippen LogP contribution in [-0.2, 0) is 26.2 Å². The number of unbranched alkanes of at least 4 members (excludes halogenated alkanes) is 1. The smallest absolute Gasteiger partial charge is 0.264 e. The van der Waals surface area contributed by atoms with Crippen LogP contribution < -0.4 is 19.1 Å². The number of sulfonamides is 1. The van der Waals surface area contributed by atoms with E-state index in [2.05, 4.69) is 5.32 Å². The summed E-state index contributed by atoms with van der Waals surface area (Å²) in [7, 11) is -4.42. The maximum absolute atomic E-state index is 14.6. The fourth-order valence-corrected chi connectivity index (χ4v) is 5.81. The van der Waals surface area contributed by atoms with Gasteiger partial charge in [-0.2, -0.15) is 0 Å². The van der Waals surface area contributed by atoms with Gasteiger partial charge in [0, 0.05) is 24.7 Å². The van der Waals surface area contributed by atoms with Gasteiger partial charge in [0.1, 0.15) is 37.4 Å². The van der Waals surface area contributed by atoms with Gasteiger partial charge in [0.25, 0.3) is 10.0 Å². The maximum Gasteiger partial charge on any atom is 0.264 e. The van der Waals surface area contributed by atoms with Crippen molar-refractivity contribution in [2.45, 2.75) is 44.2 Å². The van der Waals surface area contributed by atoms with Gasteiger partial charge in [-0.15, -0.1) is 0 Å². The Morgan fingerprint density at radius 2 is 1.67 bits per heavy atom. The molecule has 12 heteroatoms. The minimum absolute atomic E-state index is 0.0190. The Kier molecular flexibility index (Phi) is 10.00. The van der Waals surface area contributed by atoms with Crippen LogP contribution in [0, 0.1) is 11.6 Å². The fourth-order valence-electron chi connectivity index (χ4n) is 4.38. The number of nitrogens with zero attached hydrogens (tertiary/aromatic N) is 2. The van der Waals surface area contributed by atoms with Gasteiger partial charge in [0.2, 0.25) is 11.8 Å². The van der Waals surface area contributed by atoms with E-state index in [0.717, 1.165) is 34.2 Å². The predicted molar refractivity (Wildman–Crippen MR) is 153 cm³/mol. The summed E-state index contributed by atoms with van der Waals surface area (Å²) in [6.45, 7) is 3.38. The molecule has 1 unspecified atom stereocenters. The molecular weight excluding hydrogens is 568 g/mol. The van der Waals surface area contributed by atoms with E-state index in [1.807, 2.05) is 6.92 Å². The zero-order valence-corrected chi connectivity index (χ0v) is 24.2. The SMILES string of the molecule is CCCCNC(=O)C(C)N(Cc1ccccc1F)C(=O)CN(c1ccc(F)cc1)S(=O)(=O)c1ccc2c(c1)OCCO2. The normalized spacial score (nSPS) is 13.2. The molecule has 0 saturated heterocycles. The molecule has 0 spiro atoms. The molecule has 0 saturated carbocycles. The topological polar surface area (TPSA) is 105 Å². The zero-order chi connectivity index (χ0) is 30.3. The molecule has 0 fully saturated rings. The van der Waals surface area contributed by atoms with Gasteiger partial charge >= 0.3 is 0 Å². The number of hydrogen-bond acceptors (Lipinski definition) is 6. The molecule has 42 heavy (non-hydrogen) atoms. The lowest BCUT2D eigenvalue weighted by Crippen LogP contribution is -2.51. The number of halogens is 2. The van der Waals surface area contributed by atoms with Crippen LogP contribution in [0.3, 0.4) is 0 Å². The third-order valence-corrected chi connectivity index (χ3v) is 8.56. The molecule has 4 rings (SSSR count). The molecule has 1 aliphatic heterocycles. The second-order valence-corrected chi connectivity index (χ2v) is 11.6. The standard InChI is InChI=1S/C30H33F2N3O6S/c1-3-4-15-33-30(37)21(2)34(19-22-7-5-6-8-26(22)32)29(36)20-35(24-11-9-23(31)10-12-24)42(38,39)25-13-14-27-28(18-25)41-17-16-40-27/h5-14,18,21H,3-4,15-17,19-20H2,1-2H3,(H,33,37). The summed E-state index contributed by atoms with van der Waals surface area (Å²) in [5.41, 5.74) is 0.174. The average molecular weight is 602 g/mol. The summed E-state index contributed by atoms with van der Waals surface area (Å²) in [4.78, 5) is 27.8. The lowest BCUT2D eigenvalue weighted by molar-refractivity contribution is -0.139. The highest BCUT2D eigenvalue weighted by Crippen LogP contribution is 2.34. The third kappa shape index (κ3) is 7.17. The van der Waals surface area contributed by atoms with Crippen molar-refractivity contribution < 1.29 is 36.3 Å². The van der Waals surface area contributed by atoms with Crippen LogP contribution in [-0.4, -0.2) is 57.5 Å². The number of rotatable bonds is 12.